The molecule has 0 radical (unpaired) electrons. The van der Waals surface area contributed by atoms with Crippen LogP contribution in [0.4, 0.5) is 5.69 Å². The van der Waals surface area contributed by atoms with Gasteiger partial charge in [-0.05, 0) is 54.3 Å². The van der Waals surface area contributed by atoms with Gasteiger partial charge in [-0.25, -0.2) is 8.42 Å². The molecule has 3 aromatic carbocycles. The molecule has 42 heavy (non-hydrogen) atoms. The van der Waals surface area contributed by atoms with E-state index in [-0.39, 0.29) is 37.7 Å². The molecule has 1 atom stereocenters. The second kappa shape index (κ2) is 16.2. The number of nitrogens with zero attached hydrogens (tertiary/aromatic N) is 2. The molecule has 0 saturated carbocycles. The third-order valence-corrected chi connectivity index (χ3v) is 8.27. The molecule has 0 aromatic heterocycles. The molecular weight excluding hydrogens is 574 g/mol. The van der Waals surface area contributed by atoms with Crippen molar-refractivity contribution in [1.82, 2.24) is 10.2 Å². The number of anilines is 1. The summed E-state index contributed by atoms with van der Waals surface area (Å²) in [6, 6.07) is 22.9. The Bertz CT molecular complexity index is 1420. The van der Waals surface area contributed by atoms with Crippen LogP contribution in [-0.4, -0.2) is 57.6 Å². The van der Waals surface area contributed by atoms with Crippen molar-refractivity contribution in [3.63, 3.8) is 0 Å². The lowest BCUT2D eigenvalue weighted by Crippen LogP contribution is -2.50. The van der Waals surface area contributed by atoms with E-state index in [4.69, 9.17) is 16.3 Å². The van der Waals surface area contributed by atoms with Crippen molar-refractivity contribution in [2.24, 2.45) is 0 Å². The summed E-state index contributed by atoms with van der Waals surface area (Å²) in [5, 5.41) is 3.43. The van der Waals surface area contributed by atoms with Crippen molar-refractivity contribution < 1.29 is 22.7 Å². The maximum atomic E-state index is 13.9. The number of nitrogens with one attached hydrogen (secondary N) is 1. The summed E-state index contributed by atoms with van der Waals surface area (Å²) in [4.78, 5) is 29.1. The van der Waals surface area contributed by atoms with Crippen LogP contribution in [0.5, 0.6) is 5.75 Å². The lowest BCUT2D eigenvalue weighted by Gasteiger charge is -2.32. The number of carbonyl (C=O) groups is 2. The number of amides is 2. The molecule has 8 nitrogen and oxygen atoms in total. The third-order valence-electron chi connectivity index (χ3n) is 6.84. The van der Waals surface area contributed by atoms with E-state index in [1.165, 1.54) is 4.31 Å². The SMILES string of the molecule is CCCCNC(=O)[C@@H](Cc1ccccc1)N(Cc1cccc(OC)c1)C(=O)CCCN(c1cccc(Cl)c1)S(C)(=O)=O. The average Bonchev–Trinajstić information content (AvgIpc) is 2.97. The fourth-order valence-electron chi connectivity index (χ4n) is 4.66. The molecule has 1 N–H and O–H groups in total. The first kappa shape index (κ1) is 32.9. The molecule has 3 aromatic rings. The second-order valence-electron chi connectivity index (χ2n) is 10.1. The van der Waals surface area contributed by atoms with E-state index >= 15 is 0 Å². The predicted octanol–water partition coefficient (Wildman–Crippen LogP) is 5.45. The summed E-state index contributed by atoms with van der Waals surface area (Å²) < 4.78 is 31.8. The normalized spacial score (nSPS) is 11.9. The first-order valence-corrected chi connectivity index (χ1v) is 16.3. The fourth-order valence-corrected chi connectivity index (χ4v) is 5.80. The first-order chi connectivity index (χ1) is 20.1. The van der Waals surface area contributed by atoms with E-state index in [1.54, 1.807) is 36.3 Å². The van der Waals surface area contributed by atoms with Gasteiger partial charge in [-0.2, -0.15) is 0 Å². The largest absolute Gasteiger partial charge is 0.497 e. The number of unbranched alkanes of at least 4 members (excludes halogenated alkanes) is 1. The highest BCUT2D eigenvalue weighted by Gasteiger charge is 2.30. The average molecular weight is 614 g/mol. The monoisotopic (exact) mass is 613 g/mol. The number of carbonyl (C=O) groups excluding carboxylic acids is 2. The number of rotatable bonds is 16. The number of ether oxygens (including phenoxy) is 1. The van der Waals surface area contributed by atoms with Gasteiger partial charge in [0.1, 0.15) is 11.8 Å². The minimum Gasteiger partial charge on any atom is -0.497 e. The third kappa shape index (κ3) is 10.1. The maximum Gasteiger partial charge on any atom is 0.243 e. The predicted molar refractivity (Wildman–Crippen MR) is 168 cm³/mol. The quantitative estimate of drug-likeness (QED) is 0.217. The number of benzene rings is 3. The summed E-state index contributed by atoms with van der Waals surface area (Å²) >= 11 is 6.11. The molecule has 0 aliphatic carbocycles. The minimum atomic E-state index is -3.62. The molecule has 0 saturated heterocycles. The highest BCUT2D eigenvalue weighted by atomic mass is 35.5. The Morgan fingerprint density at radius 2 is 1.67 bits per heavy atom. The van der Waals surface area contributed by atoms with Crippen molar-refractivity contribution in [1.29, 1.82) is 0 Å². The van der Waals surface area contributed by atoms with Crippen molar-refractivity contribution in [2.45, 2.75) is 51.6 Å². The highest BCUT2D eigenvalue weighted by Crippen LogP contribution is 2.23. The summed E-state index contributed by atoms with van der Waals surface area (Å²) in [5.41, 5.74) is 2.18. The molecular formula is C32H40ClN3O5S. The summed E-state index contributed by atoms with van der Waals surface area (Å²) in [6.45, 7) is 2.85. The number of hydrogen-bond acceptors (Lipinski definition) is 5. The van der Waals surface area contributed by atoms with Crippen LogP contribution in [0.25, 0.3) is 0 Å². The highest BCUT2D eigenvalue weighted by molar-refractivity contribution is 7.92. The molecule has 226 valence electrons. The Kier molecular flexibility index (Phi) is 12.7. The van der Waals surface area contributed by atoms with E-state index in [0.29, 0.717) is 29.4 Å². The molecule has 0 fully saturated rings. The first-order valence-electron chi connectivity index (χ1n) is 14.1. The second-order valence-corrected chi connectivity index (χ2v) is 12.5. The zero-order valence-corrected chi connectivity index (χ0v) is 26.0. The van der Waals surface area contributed by atoms with Gasteiger partial charge in [-0.1, -0.05) is 73.5 Å². The molecule has 3 rings (SSSR count). The van der Waals surface area contributed by atoms with E-state index in [0.717, 1.165) is 30.2 Å². The van der Waals surface area contributed by atoms with Crippen LogP contribution in [0.2, 0.25) is 5.02 Å². The van der Waals surface area contributed by atoms with E-state index < -0.39 is 16.1 Å². The van der Waals surface area contributed by atoms with Gasteiger partial charge in [-0.15, -0.1) is 0 Å². The number of halogens is 1. The lowest BCUT2D eigenvalue weighted by molar-refractivity contribution is -0.141. The van der Waals surface area contributed by atoms with E-state index in [9.17, 15) is 18.0 Å². The van der Waals surface area contributed by atoms with E-state index in [1.807, 2.05) is 54.6 Å². The van der Waals surface area contributed by atoms with Crippen molar-refractivity contribution in [3.05, 3.63) is 95.0 Å². The van der Waals surface area contributed by atoms with Crippen LogP contribution in [0.1, 0.15) is 43.7 Å². The summed E-state index contributed by atoms with van der Waals surface area (Å²) in [6.07, 6.45) is 3.53. The van der Waals surface area contributed by atoms with Gasteiger partial charge in [0, 0.05) is 37.5 Å². The van der Waals surface area contributed by atoms with Crippen molar-refractivity contribution >= 4 is 39.1 Å². The zero-order chi connectivity index (χ0) is 30.5. The Morgan fingerprint density at radius 1 is 0.952 bits per heavy atom. The van der Waals surface area contributed by atoms with Crippen molar-refractivity contribution in [3.8, 4) is 5.75 Å². The Labute approximate surface area is 254 Å². The number of methoxy groups -OCH3 is 1. The van der Waals surface area contributed by atoms with Gasteiger partial charge in [0.05, 0.1) is 19.1 Å². The topological polar surface area (TPSA) is 96.0 Å². The van der Waals surface area contributed by atoms with Gasteiger partial charge in [-0.3, -0.25) is 13.9 Å². The van der Waals surface area contributed by atoms with Crippen LogP contribution in [0.3, 0.4) is 0 Å². The number of sulfonamides is 1. The Balaban J connectivity index is 1.89. The molecule has 0 aliphatic rings. The smallest absolute Gasteiger partial charge is 0.243 e. The standard InChI is InChI=1S/C32H40ClN3O5S/c1-4-5-19-34-32(38)30(22-25-12-7-6-8-13-25)35(24-26-14-9-17-29(21-26)41-2)31(37)18-11-20-36(42(3,39)40)28-16-10-15-27(33)23-28/h6-10,12-17,21,23,30H,4-5,11,18-20,22,24H2,1-3H3,(H,34,38)/t30-/m1/s1. The Hall–Kier alpha value is -3.56. The molecule has 0 aliphatic heterocycles. The molecule has 0 heterocycles. The minimum absolute atomic E-state index is 0.0457. The van der Waals surface area contributed by atoms with Gasteiger partial charge < -0.3 is 15.0 Å². The summed E-state index contributed by atoms with van der Waals surface area (Å²) in [5.74, 6) is 0.182. The van der Waals surface area contributed by atoms with Gasteiger partial charge in [0.2, 0.25) is 21.8 Å². The number of hydrogen-bond donors (Lipinski definition) is 1. The van der Waals surface area contributed by atoms with Crippen LogP contribution in [-0.2, 0) is 32.6 Å². The van der Waals surface area contributed by atoms with Gasteiger partial charge in [0.15, 0.2) is 0 Å². The zero-order valence-electron chi connectivity index (χ0n) is 24.5. The molecule has 0 unspecified atom stereocenters. The maximum absolute atomic E-state index is 13.9. The van der Waals surface area contributed by atoms with Gasteiger partial charge >= 0.3 is 0 Å². The van der Waals surface area contributed by atoms with Crippen LogP contribution in [0.15, 0.2) is 78.9 Å². The van der Waals surface area contributed by atoms with Crippen molar-refractivity contribution in [2.75, 3.05) is 30.8 Å². The van der Waals surface area contributed by atoms with Crippen LogP contribution >= 0.6 is 11.6 Å². The van der Waals surface area contributed by atoms with Crippen LogP contribution < -0.4 is 14.4 Å². The van der Waals surface area contributed by atoms with E-state index in [2.05, 4.69) is 12.2 Å². The molecule has 0 bridgehead atoms. The molecule has 10 heteroatoms. The Morgan fingerprint density at radius 3 is 2.33 bits per heavy atom. The molecule has 0 spiro atoms. The van der Waals surface area contributed by atoms with Gasteiger partial charge in [0.25, 0.3) is 0 Å². The van der Waals surface area contributed by atoms with Crippen LogP contribution in [0, 0.1) is 0 Å². The lowest BCUT2D eigenvalue weighted by atomic mass is 10.0. The summed E-state index contributed by atoms with van der Waals surface area (Å²) in [7, 11) is -2.04. The fraction of sp³-hybridized carbons (Fsp3) is 0.375. The molecule has 2 amide bonds.